The van der Waals surface area contributed by atoms with Gasteiger partial charge in [0, 0.05) is 86.3 Å². The van der Waals surface area contributed by atoms with Gasteiger partial charge in [-0.05, 0) is 74.8 Å². The number of pyridine rings is 1. The first-order valence-electron chi connectivity index (χ1n) is 22.3. The second-order valence-electron chi connectivity index (χ2n) is 18.6. The number of methoxy groups -OCH3 is 1. The number of likely N-dealkylation sites (tertiary alicyclic amines) is 1. The Balaban J connectivity index is 0.00000327. The summed E-state index contributed by atoms with van der Waals surface area (Å²) in [5.41, 5.74) is 9.24. The number of nitrogens with zero attached hydrogens (tertiary/aromatic N) is 6. The highest BCUT2D eigenvalue weighted by Crippen LogP contribution is 2.42. The topological polar surface area (TPSA) is 180 Å². The van der Waals surface area contributed by atoms with Gasteiger partial charge >= 0.3 is 12.0 Å². The summed E-state index contributed by atoms with van der Waals surface area (Å²) in [5.74, 6) is -2.10. The summed E-state index contributed by atoms with van der Waals surface area (Å²) in [6.45, 7) is 15.4. The van der Waals surface area contributed by atoms with Gasteiger partial charge in [0.1, 0.15) is 24.2 Å². The highest BCUT2D eigenvalue weighted by atomic mass is 32.1. The number of esters is 1. The van der Waals surface area contributed by atoms with Crippen molar-refractivity contribution in [2.45, 2.75) is 111 Å². The van der Waals surface area contributed by atoms with E-state index in [1.807, 2.05) is 39.1 Å². The van der Waals surface area contributed by atoms with Crippen molar-refractivity contribution in [1.82, 2.24) is 45.4 Å². The molecule has 3 aliphatic heterocycles. The van der Waals surface area contributed by atoms with Gasteiger partial charge in [-0.25, -0.2) is 15.2 Å². The number of hydrazine groups is 1. The molecule has 384 valence electrons. The van der Waals surface area contributed by atoms with Crippen LogP contribution in [-0.4, -0.2) is 124 Å². The van der Waals surface area contributed by atoms with Crippen LogP contribution < -0.4 is 16.1 Å². The zero-order valence-corrected chi connectivity index (χ0v) is 47.0. The Bertz CT molecular complexity index is 2430. The van der Waals surface area contributed by atoms with E-state index in [0.29, 0.717) is 43.9 Å². The van der Waals surface area contributed by atoms with E-state index < -0.39 is 53.4 Å². The number of urea groups is 1. The third kappa shape index (κ3) is 12.9. The largest absolute Gasteiger partial charge is 0.464 e. The summed E-state index contributed by atoms with van der Waals surface area (Å²) in [7, 11) is 4.76. The summed E-state index contributed by atoms with van der Waals surface area (Å²) >= 11 is 1.40. The van der Waals surface area contributed by atoms with Gasteiger partial charge in [0.2, 0.25) is 11.8 Å². The highest BCUT2D eigenvalue weighted by Gasteiger charge is 2.43. The van der Waals surface area contributed by atoms with Crippen molar-refractivity contribution in [3.63, 3.8) is 0 Å². The number of carbonyl (C=O) groups excluding carboxylic acids is 5. The number of rotatable bonds is 9. The second-order valence-corrected chi connectivity index (χ2v) is 19.6. The number of aromatic nitrogens is 3. The number of amides is 5. The van der Waals surface area contributed by atoms with Crippen LogP contribution in [0.2, 0.25) is 0 Å². The Morgan fingerprint density at radius 1 is 1.09 bits per heavy atom. The van der Waals surface area contributed by atoms with Gasteiger partial charge in [-0.2, -0.15) is 67.5 Å². The zero-order valence-electron chi connectivity index (χ0n) is 41.2. The van der Waals surface area contributed by atoms with E-state index in [-0.39, 0.29) is 104 Å². The molecule has 2 fully saturated rings. The van der Waals surface area contributed by atoms with Crippen molar-refractivity contribution in [2.75, 3.05) is 40.9 Å². The predicted molar refractivity (Wildman–Crippen MR) is 297 cm³/mol. The van der Waals surface area contributed by atoms with Gasteiger partial charge in [0.25, 0.3) is 5.91 Å². The molecular formula is C47H73N9O7S6. The number of likely N-dealkylation sites (N-methyl/N-ethyl adjacent to an activating group) is 2. The molecule has 2 saturated heterocycles. The molecule has 3 N–H and O–H groups in total. The van der Waals surface area contributed by atoms with Crippen LogP contribution in [0.15, 0.2) is 41.9 Å². The van der Waals surface area contributed by atoms with Gasteiger partial charge in [-0.3, -0.25) is 29.2 Å². The van der Waals surface area contributed by atoms with Gasteiger partial charge < -0.3 is 34.5 Å². The average molecular weight is 1070 g/mol. The van der Waals surface area contributed by atoms with E-state index in [1.54, 1.807) is 20.4 Å². The summed E-state index contributed by atoms with van der Waals surface area (Å²) < 4.78 is 14.3. The van der Waals surface area contributed by atoms with Crippen LogP contribution in [-0.2, 0) is 48.0 Å². The fraction of sp³-hybridized carbons (Fsp3) is 0.553. The van der Waals surface area contributed by atoms with E-state index in [0.717, 1.165) is 44.7 Å². The molecule has 0 spiro atoms. The van der Waals surface area contributed by atoms with E-state index >= 15 is 0 Å². The normalized spacial score (nSPS) is 20.7. The smallest absolute Gasteiger partial charge is 0.324 e. The molecule has 6 atom stereocenters. The number of hydrogen-bond acceptors (Lipinski definition) is 11. The summed E-state index contributed by atoms with van der Waals surface area (Å²) in [5, 5.41) is 10.7. The van der Waals surface area contributed by atoms with Gasteiger partial charge in [-0.15, -0.1) is 11.3 Å². The minimum absolute atomic E-state index is 0. The number of thiazole rings is 1. The standard InChI is InChI=1S/C47H63N9O7S.5H2S/c1-11-54-36-15-14-29-20-31(36)32(41(54)30-13-12-17-49-39(30)28(5)62-10)22-47(6,7)25-63-45(60)34-19-27(4)23-56(52-34)44(59)33(21-38-50-35(29)24-64-38)51-43(58)40(26(2)3)53(9)46(61)55-18-16-37(55)42(57)48-8;;;;;/h12-15,17,20,24,26-28,33-34,37,40,52H,11,16,18-19,21-23,25H2,1-10H3,(H,48,57)(H,51,58);5*1H2/t27?,28-,33-,34-,37-,40-;;;;;/m0...../s1. The lowest BCUT2D eigenvalue weighted by atomic mass is 9.84. The van der Waals surface area contributed by atoms with Crippen LogP contribution in [0.5, 0.6) is 0 Å². The molecule has 0 saturated carbocycles. The maximum Gasteiger partial charge on any atom is 0.324 e. The Labute approximate surface area is 445 Å². The number of ether oxygens (including phenoxy) is 2. The maximum absolute atomic E-state index is 14.7. The third-order valence-electron chi connectivity index (χ3n) is 12.8. The van der Waals surface area contributed by atoms with Gasteiger partial charge in [0.15, 0.2) is 0 Å². The SMILES string of the molecule is CCn1c(-c2cccnc2[C@H](C)OC)c2c3cc(ccc31)-c1csc(n1)C[C@H](NC(=O)[C@H](C(C)C)N(C)C(=O)N1CC[C@H]1C(=O)NC)C(=O)N1CC(C)C[C@H](N1)C(=O)OCC(C)(C)C2.S.S.S.S.S. The molecule has 69 heavy (non-hydrogen) atoms. The molecule has 0 aliphatic carbocycles. The number of benzene rings is 1. The molecule has 0 radical (unpaired) electrons. The first-order chi connectivity index (χ1) is 30.5. The fourth-order valence-electron chi connectivity index (χ4n) is 9.39. The molecule has 6 bridgehead atoms. The monoisotopic (exact) mass is 1070 g/mol. The van der Waals surface area contributed by atoms with Crippen LogP contribution >= 0.6 is 78.8 Å². The second kappa shape index (κ2) is 25.7. The van der Waals surface area contributed by atoms with Gasteiger partial charge in [0.05, 0.1) is 34.8 Å². The van der Waals surface area contributed by atoms with E-state index in [1.165, 1.54) is 33.2 Å². The molecule has 22 heteroatoms. The number of carbonyl (C=O) groups is 5. The Morgan fingerprint density at radius 3 is 2.42 bits per heavy atom. The van der Waals surface area contributed by atoms with Gasteiger partial charge in [-0.1, -0.05) is 40.7 Å². The molecule has 1 aromatic carbocycles. The van der Waals surface area contributed by atoms with Crippen LogP contribution in [0.25, 0.3) is 33.4 Å². The highest BCUT2D eigenvalue weighted by molar-refractivity contribution is 7.60. The fourth-order valence-corrected chi connectivity index (χ4v) is 10.2. The lowest BCUT2D eigenvalue weighted by Gasteiger charge is -2.43. The first-order valence-corrected chi connectivity index (χ1v) is 23.2. The minimum Gasteiger partial charge on any atom is -0.464 e. The van der Waals surface area contributed by atoms with Crippen molar-refractivity contribution in [1.29, 1.82) is 0 Å². The maximum atomic E-state index is 14.7. The van der Waals surface area contributed by atoms with E-state index in [2.05, 4.69) is 65.7 Å². The molecule has 3 aromatic heterocycles. The number of aryl methyl sites for hydroxylation is 1. The van der Waals surface area contributed by atoms with Crippen molar-refractivity contribution < 1.29 is 33.4 Å². The number of hydrogen-bond donors (Lipinski definition) is 3. The predicted octanol–water partition coefficient (Wildman–Crippen LogP) is 5.91. The molecule has 5 amide bonds. The molecule has 6 heterocycles. The molecule has 1 unspecified atom stereocenters. The third-order valence-corrected chi connectivity index (χ3v) is 13.7. The number of nitrogens with one attached hydrogen (secondary N) is 3. The lowest BCUT2D eigenvalue weighted by Crippen LogP contribution is -2.65. The van der Waals surface area contributed by atoms with Crippen LogP contribution in [0.1, 0.15) is 83.7 Å². The molecule has 7 rings (SSSR count). The summed E-state index contributed by atoms with van der Waals surface area (Å²) in [6, 6.07) is 6.44. The molecule has 3 aliphatic rings. The van der Waals surface area contributed by atoms with Crippen LogP contribution in [0.4, 0.5) is 4.79 Å². The molecular weight excluding hydrogens is 995 g/mol. The van der Waals surface area contributed by atoms with Crippen molar-refractivity contribution in [3.8, 4) is 22.5 Å². The first kappa shape index (κ1) is 61.5. The average Bonchev–Trinajstić information content (AvgIpc) is 3.85. The number of fused-ring (bicyclic) bond motifs is 6. The molecule has 4 aromatic rings. The Kier molecular flexibility index (Phi) is 22.9. The quantitative estimate of drug-likeness (QED) is 0.171. The van der Waals surface area contributed by atoms with E-state index in [4.69, 9.17) is 19.4 Å². The Hall–Kier alpha value is -3.64. The van der Waals surface area contributed by atoms with Crippen molar-refractivity contribution in [2.24, 2.45) is 17.3 Å². The lowest BCUT2D eigenvalue weighted by molar-refractivity contribution is -0.157. The van der Waals surface area contributed by atoms with Crippen LogP contribution in [0.3, 0.4) is 0 Å². The minimum atomic E-state index is -1.11. The Morgan fingerprint density at radius 2 is 1.80 bits per heavy atom. The van der Waals surface area contributed by atoms with Crippen LogP contribution in [0, 0.1) is 17.3 Å². The summed E-state index contributed by atoms with van der Waals surface area (Å²) in [4.78, 5) is 82.0. The van der Waals surface area contributed by atoms with Crippen molar-refractivity contribution >= 4 is 119 Å². The summed E-state index contributed by atoms with van der Waals surface area (Å²) in [6.07, 6.45) is 3.14. The zero-order chi connectivity index (χ0) is 46.2. The number of cyclic esters (lactones) is 1. The molecule has 16 nitrogen and oxygen atoms in total. The van der Waals surface area contributed by atoms with Crippen molar-refractivity contribution in [3.05, 3.63) is 58.2 Å². The van der Waals surface area contributed by atoms with E-state index in [9.17, 15) is 24.0 Å².